The summed E-state index contributed by atoms with van der Waals surface area (Å²) in [5, 5.41) is 10.8. The molecule has 1 saturated heterocycles. The molecule has 2 aliphatic heterocycles. The van der Waals surface area contributed by atoms with Crippen molar-refractivity contribution in [1.82, 2.24) is 4.90 Å². The van der Waals surface area contributed by atoms with Crippen LogP contribution in [0.3, 0.4) is 0 Å². The molecule has 2 aromatic rings. The number of phenolic OH excluding ortho intramolecular Hbond substituents is 1. The van der Waals surface area contributed by atoms with Gasteiger partial charge in [-0.15, -0.1) is 0 Å². The molecule has 2 aromatic carbocycles. The van der Waals surface area contributed by atoms with Crippen molar-refractivity contribution in [3.8, 4) is 17.2 Å². The highest BCUT2D eigenvalue weighted by Gasteiger charge is 2.55. The lowest BCUT2D eigenvalue weighted by atomic mass is 9.83. The van der Waals surface area contributed by atoms with Crippen LogP contribution in [0.4, 0.5) is 0 Å². The number of benzene rings is 2. The second-order valence-electron chi connectivity index (χ2n) is 10.4. The number of rotatable bonds is 7. The van der Waals surface area contributed by atoms with Crippen molar-refractivity contribution in [2.75, 3.05) is 26.5 Å². The summed E-state index contributed by atoms with van der Waals surface area (Å²) < 4.78 is 16.5. The number of carbonyl (C=O) groups is 1. The molecule has 1 N–H and O–H groups in total. The van der Waals surface area contributed by atoms with Crippen molar-refractivity contribution >= 4 is 5.97 Å². The van der Waals surface area contributed by atoms with Gasteiger partial charge in [-0.05, 0) is 53.9 Å². The third kappa shape index (κ3) is 4.36. The van der Waals surface area contributed by atoms with Gasteiger partial charge in [0.2, 0.25) is 6.79 Å². The number of likely N-dealkylation sites (tertiary alicyclic amines) is 1. The molecule has 6 rings (SSSR count). The van der Waals surface area contributed by atoms with E-state index in [9.17, 15) is 9.90 Å². The second-order valence-corrected chi connectivity index (χ2v) is 10.4. The number of esters is 1. The number of nitrogens with zero attached hydrogens (tertiary/aromatic N) is 1. The highest BCUT2D eigenvalue weighted by atomic mass is 16.7. The SMILES string of the molecule is O=C(Cc1cccc(C2CCCCC2)c1O)OCC1C2CN(Cc3ccc4c(c3)OCO4)CC12. The fraction of sp³-hybridized carbons (Fsp3) is 0.536. The monoisotopic (exact) mass is 463 g/mol. The first-order valence-corrected chi connectivity index (χ1v) is 12.7. The van der Waals surface area contributed by atoms with Crippen molar-refractivity contribution in [3.05, 3.63) is 53.1 Å². The Morgan fingerprint density at radius 2 is 1.82 bits per heavy atom. The van der Waals surface area contributed by atoms with Gasteiger partial charge in [-0.2, -0.15) is 0 Å². The number of phenols is 1. The molecular weight excluding hydrogens is 430 g/mol. The van der Waals surface area contributed by atoms with Gasteiger partial charge in [0.25, 0.3) is 0 Å². The smallest absolute Gasteiger partial charge is 0.310 e. The molecule has 6 heteroatoms. The summed E-state index contributed by atoms with van der Waals surface area (Å²) >= 11 is 0. The number of piperidine rings is 1. The first-order valence-electron chi connectivity index (χ1n) is 12.7. The lowest BCUT2D eigenvalue weighted by molar-refractivity contribution is -0.143. The van der Waals surface area contributed by atoms with Crippen LogP contribution in [0.2, 0.25) is 0 Å². The molecular formula is C28H33NO5. The average molecular weight is 464 g/mol. The highest BCUT2D eigenvalue weighted by Crippen LogP contribution is 2.52. The fourth-order valence-electron chi connectivity index (χ4n) is 6.30. The van der Waals surface area contributed by atoms with Crippen LogP contribution in [-0.4, -0.2) is 42.5 Å². The van der Waals surface area contributed by atoms with Gasteiger partial charge in [-0.1, -0.05) is 43.5 Å². The number of ether oxygens (including phenoxy) is 3. The van der Waals surface area contributed by atoms with Crippen LogP contribution in [0.25, 0.3) is 0 Å². The summed E-state index contributed by atoms with van der Waals surface area (Å²) in [5.74, 6) is 3.84. The van der Waals surface area contributed by atoms with Crippen molar-refractivity contribution in [2.24, 2.45) is 17.8 Å². The van der Waals surface area contributed by atoms with Crippen molar-refractivity contribution < 1.29 is 24.1 Å². The van der Waals surface area contributed by atoms with E-state index in [0.717, 1.165) is 49.5 Å². The number of fused-ring (bicyclic) bond motifs is 2. The van der Waals surface area contributed by atoms with Gasteiger partial charge in [0, 0.05) is 31.1 Å². The van der Waals surface area contributed by atoms with Gasteiger partial charge in [0.15, 0.2) is 11.5 Å². The predicted octanol–water partition coefficient (Wildman–Crippen LogP) is 4.63. The molecule has 2 saturated carbocycles. The number of para-hydroxylation sites is 1. The van der Waals surface area contributed by atoms with E-state index in [1.807, 2.05) is 24.3 Å². The molecule has 2 atom stereocenters. The summed E-state index contributed by atoms with van der Waals surface area (Å²) in [6, 6.07) is 12.0. The zero-order valence-corrected chi connectivity index (χ0v) is 19.6. The fourth-order valence-corrected chi connectivity index (χ4v) is 6.30. The maximum absolute atomic E-state index is 12.5. The Bertz CT molecular complexity index is 1050. The largest absolute Gasteiger partial charge is 0.507 e. The second kappa shape index (κ2) is 9.14. The van der Waals surface area contributed by atoms with Crippen LogP contribution in [0.5, 0.6) is 17.2 Å². The molecule has 6 nitrogen and oxygen atoms in total. The molecule has 0 amide bonds. The number of hydrogen-bond donors (Lipinski definition) is 1. The van der Waals surface area contributed by atoms with Crippen LogP contribution in [0.15, 0.2) is 36.4 Å². The standard InChI is InChI=1S/C28H33NO5/c30-27(12-20-7-4-8-21(28(20)31)19-5-2-1-3-6-19)32-16-24-22-14-29(15-23(22)24)13-18-9-10-25-26(11-18)34-17-33-25/h4,7-11,19,22-24,31H,1-3,5-6,12-17H2. The van der Waals surface area contributed by atoms with E-state index < -0.39 is 0 Å². The Labute approximate surface area is 200 Å². The minimum absolute atomic E-state index is 0.144. The normalized spacial score (nSPS) is 25.8. The van der Waals surface area contributed by atoms with E-state index in [2.05, 4.69) is 17.0 Å². The topological polar surface area (TPSA) is 68.2 Å². The lowest BCUT2D eigenvalue weighted by Gasteiger charge is -2.23. The Hall–Kier alpha value is -2.73. The Kier molecular flexibility index (Phi) is 5.85. The van der Waals surface area contributed by atoms with E-state index >= 15 is 0 Å². The van der Waals surface area contributed by atoms with Gasteiger partial charge in [-0.25, -0.2) is 0 Å². The maximum atomic E-state index is 12.5. The summed E-state index contributed by atoms with van der Waals surface area (Å²) in [4.78, 5) is 15.0. The maximum Gasteiger partial charge on any atom is 0.310 e. The molecule has 2 heterocycles. The number of hydrogen-bond acceptors (Lipinski definition) is 6. The van der Waals surface area contributed by atoms with Crippen molar-refractivity contribution in [1.29, 1.82) is 0 Å². The molecule has 0 radical (unpaired) electrons. The lowest BCUT2D eigenvalue weighted by Crippen LogP contribution is -2.25. The van der Waals surface area contributed by atoms with Gasteiger partial charge in [-0.3, -0.25) is 9.69 Å². The Morgan fingerprint density at radius 1 is 1.03 bits per heavy atom. The molecule has 4 aliphatic rings. The van der Waals surface area contributed by atoms with Gasteiger partial charge in [0.1, 0.15) is 5.75 Å². The van der Waals surface area contributed by atoms with Crippen LogP contribution in [0, 0.1) is 17.8 Å². The van der Waals surface area contributed by atoms with Crippen LogP contribution in [-0.2, 0) is 22.5 Å². The minimum Gasteiger partial charge on any atom is -0.507 e. The summed E-state index contributed by atoms with van der Waals surface area (Å²) in [6.45, 7) is 3.80. The van der Waals surface area contributed by atoms with E-state index in [0.29, 0.717) is 48.4 Å². The molecule has 0 spiro atoms. The van der Waals surface area contributed by atoms with E-state index in [1.165, 1.54) is 24.8 Å². The van der Waals surface area contributed by atoms with E-state index in [4.69, 9.17) is 14.2 Å². The van der Waals surface area contributed by atoms with Gasteiger partial charge < -0.3 is 19.3 Å². The van der Waals surface area contributed by atoms with Gasteiger partial charge in [0.05, 0.1) is 13.0 Å². The number of aromatic hydroxyl groups is 1. The van der Waals surface area contributed by atoms with E-state index in [-0.39, 0.29) is 12.4 Å². The average Bonchev–Trinajstić information content (AvgIpc) is 3.18. The molecule has 34 heavy (non-hydrogen) atoms. The molecule has 180 valence electrons. The Balaban J connectivity index is 0.965. The van der Waals surface area contributed by atoms with Crippen molar-refractivity contribution in [2.45, 2.75) is 51.0 Å². The van der Waals surface area contributed by atoms with Crippen LogP contribution >= 0.6 is 0 Å². The summed E-state index contributed by atoms with van der Waals surface area (Å²) in [5.41, 5.74) is 2.94. The van der Waals surface area contributed by atoms with Crippen LogP contribution < -0.4 is 9.47 Å². The highest BCUT2D eigenvalue weighted by molar-refractivity contribution is 5.74. The summed E-state index contributed by atoms with van der Waals surface area (Å²) in [6.07, 6.45) is 6.10. The zero-order valence-electron chi connectivity index (χ0n) is 19.6. The predicted molar refractivity (Wildman–Crippen MR) is 127 cm³/mol. The van der Waals surface area contributed by atoms with Crippen molar-refractivity contribution in [3.63, 3.8) is 0 Å². The van der Waals surface area contributed by atoms with Crippen LogP contribution in [0.1, 0.15) is 54.7 Å². The zero-order chi connectivity index (χ0) is 23.1. The Morgan fingerprint density at radius 3 is 2.65 bits per heavy atom. The number of carbonyl (C=O) groups excluding carboxylic acids is 1. The van der Waals surface area contributed by atoms with Gasteiger partial charge >= 0.3 is 5.97 Å². The molecule has 0 aromatic heterocycles. The minimum atomic E-state index is -0.238. The molecule has 0 bridgehead atoms. The molecule has 2 unspecified atom stereocenters. The first kappa shape index (κ1) is 21.8. The third-order valence-corrected chi connectivity index (χ3v) is 8.26. The van der Waals surface area contributed by atoms with E-state index in [1.54, 1.807) is 0 Å². The molecule has 2 aliphatic carbocycles. The third-order valence-electron chi connectivity index (χ3n) is 8.26. The summed E-state index contributed by atoms with van der Waals surface area (Å²) in [7, 11) is 0. The first-order chi connectivity index (χ1) is 16.7. The molecule has 3 fully saturated rings. The quantitative estimate of drug-likeness (QED) is 0.604.